The number of nitrogens with one attached hydrogen (secondary N) is 1. The summed E-state index contributed by atoms with van der Waals surface area (Å²) in [6.07, 6.45) is 3.67. The van der Waals surface area contributed by atoms with Crippen LogP contribution in [0.3, 0.4) is 0 Å². The Bertz CT molecular complexity index is 635. The van der Waals surface area contributed by atoms with E-state index in [1.807, 2.05) is 19.1 Å². The number of aliphatic imine (C=N–C) groups is 1. The highest BCUT2D eigenvalue weighted by molar-refractivity contribution is 6.30. The fourth-order valence-corrected chi connectivity index (χ4v) is 1.83. The molecule has 0 bridgehead atoms. The van der Waals surface area contributed by atoms with E-state index >= 15 is 0 Å². The van der Waals surface area contributed by atoms with Crippen molar-refractivity contribution >= 4 is 35.9 Å². The Morgan fingerprint density at radius 3 is 2.95 bits per heavy atom. The van der Waals surface area contributed by atoms with Gasteiger partial charge in [-0.1, -0.05) is 22.9 Å². The SMILES string of the molecule is C=Nc1nnn(-c2cc(Cl)ccc2N[OH2+])c1/C=C\C. The van der Waals surface area contributed by atoms with Crippen LogP contribution >= 0.6 is 11.6 Å². The van der Waals surface area contributed by atoms with Gasteiger partial charge in [0, 0.05) is 5.02 Å². The first-order chi connectivity index (χ1) is 9.21. The van der Waals surface area contributed by atoms with Crippen LogP contribution in [-0.4, -0.2) is 26.9 Å². The van der Waals surface area contributed by atoms with Crippen molar-refractivity contribution in [1.29, 1.82) is 0 Å². The van der Waals surface area contributed by atoms with Crippen LogP contribution in [0.5, 0.6) is 0 Å². The average molecular weight is 279 g/mol. The molecule has 0 saturated carbocycles. The van der Waals surface area contributed by atoms with E-state index in [1.165, 1.54) is 0 Å². The molecule has 0 unspecified atom stereocenters. The first-order valence-electron chi connectivity index (χ1n) is 5.49. The number of nitrogens with zero attached hydrogens (tertiary/aromatic N) is 4. The monoisotopic (exact) mass is 278 g/mol. The second kappa shape index (κ2) is 5.64. The molecule has 1 aromatic heterocycles. The molecule has 1 heterocycles. The fraction of sp³-hybridized carbons (Fsp3) is 0.0833. The number of rotatable bonds is 4. The van der Waals surface area contributed by atoms with Gasteiger partial charge in [-0.15, -0.1) is 5.10 Å². The highest BCUT2D eigenvalue weighted by atomic mass is 35.5. The number of anilines is 1. The molecule has 0 aliphatic heterocycles. The first kappa shape index (κ1) is 13.3. The smallest absolute Gasteiger partial charge is 0.201 e. The van der Waals surface area contributed by atoms with Crippen molar-refractivity contribution in [2.45, 2.75) is 6.92 Å². The lowest BCUT2D eigenvalue weighted by Crippen LogP contribution is -2.04. The third-order valence-electron chi connectivity index (χ3n) is 2.48. The predicted octanol–water partition coefficient (Wildman–Crippen LogP) is 2.34. The molecule has 19 heavy (non-hydrogen) atoms. The standard InChI is InChI=1S/C12H12ClN5O/c1-3-4-10-12(14-2)15-17-18(10)11-7-8(13)5-6-9(11)16-19/h3-7,16,19H,2H2,1H3/p+1/b4-3-. The second-order valence-corrected chi connectivity index (χ2v) is 4.09. The lowest BCUT2D eigenvalue weighted by atomic mass is 10.2. The van der Waals surface area contributed by atoms with E-state index in [2.05, 4.69) is 27.5 Å². The molecule has 0 aliphatic carbocycles. The quantitative estimate of drug-likeness (QED) is 0.530. The third kappa shape index (κ3) is 2.49. The summed E-state index contributed by atoms with van der Waals surface area (Å²) in [5, 5.41) is 15.8. The maximum Gasteiger partial charge on any atom is 0.201 e. The molecule has 7 heteroatoms. The van der Waals surface area contributed by atoms with Crippen molar-refractivity contribution < 1.29 is 5.21 Å². The van der Waals surface area contributed by atoms with Gasteiger partial charge in [0.25, 0.3) is 0 Å². The van der Waals surface area contributed by atoms with Crippen molar-refractivity contribution in [2.75, 3.05) is 5.48 Å². The summed E-state index contributed by atoms with van der Waals surface area (Å²) in [4.78, 5) is 3.82. The average Bonchev–Trinajstić information content (AvgIpc) is 2.82. The van der Waals surface area contributed by atoms with E-state index in [-0.39, 0.29) is 0 Å². The number of aromatic nitrogens is 3. The zero-order valence-electron chi connectivity index (χ0n) is 10.3. The van der Waals surface area contributed by atoms with Crippen LogP contribution in [-0.2, 0) is 0 Å². The van der Waals surface area contributed by atoms with Crippen molar-refractivity contribution in [3.63, 3.8) is 0 Å². The van der Waals surface area contributed by atoms with Gasteiger partial charge >= 0.3 is 0 Å². The van der Waals surface area contributed by atoms with E-state index in [1.54, 1.807) is 22.9 Å². The maximum atomic E-state index is 7.32. The third-order valence-corrected chi connectivity index (χ3v) is 2.72. The largest absolute Gasteiger partial charge is 0.313 e. The minimum absolute atomic E-state index is 0.425. The van der Waals surface area contributed by atoms with Gasteiger partial charge in [0.05, 0.1) is 5.69 Å². The topological polar surface area (TPSA) is 78.0 Å². The molecule has 2 aromatic rings. The molecule has 0 fully saturated rings. The van der Waals surface area contributed by atoms with Crippen LogP contribution < -0.4 is 5.48 Å². The normalized spacial score (nSPS) is 10.9. The predicted molar refractivity (Wildman–Crippen MR) is 77.5 cm³/mol. The Kier molecular flexibility index (Phi) is 3.94. The molecule has 0 atom stereocenters. The van der Waals surface area contributed by atoms with Crippen molar-refractivity contribution in [3.05, 3.63) is 35.0 Å². The Balaban J connectivity index is 2.67. The zero-order chi connectivity index (χ0) is 13.8. The fourth-order valence-electron chi connectivity index (χ4n) is 1.66. The Labute approximate surface area is 115 Å². The number of hydrogen-bond donors (Lipinski definition) is 1. The summed E-state index contributed by atoms with van der Waals surface area (Å²) in [7, 11) is 0. The van der Waals surface area contributed by atoms with Crippen LogP contribution in [0.4, 0.5) is 11.5 Å². The van der Waals surface area contributed by atoms with Gasteiger partial charge in [0.1, 0.15) is 11.4 Å². The van der Waals surface area contributed by atoms with E-state index in [4.69, 9.17) is 16.8 Å². The lowest BCUT2D eigenvalue weighted by molar-refractivity contribution is 0.388. The van der Waals surface area contributed by atoms with Crippen LogP contribution in [0.1, 0.15) is 12.6 Å². The summed E-state index contributed by atoms with van der Waals surface area (Å²) >= 11 is 5.99. The van der Waals surface area contributed by atoms with Crippen LogP contribution in [0.2, 0.25) is 5.02 Å². The van der Waals surface area contributed by atoms with Crippen LogP contribution in [0.25, 0.3) is 11.8 Å². The van der Waals surface area contributed by atoms with E-state index in [0.717, 1.165) is 0 Å². The molecule has 0 saturated heterocycles. The van der Waals surface area contributed by atoms with Crippen molar-refractivity contribution in [1.82, 2.24) is 15.0 Å². The summed E-state index contributed by atoms with van der Waals surface area (Å²) in [6, 6.07) is 5.10. The van der Waals surface area contributed by atoms with E-state index < -0.39 is 0 Å². The maximum absolute atomic E-state index is 7.32. The van der Waals surface area contributed by atoms with Gasteiger partial charge < -0.3 is 5.21 Å². The Hall–Kier alpha value is -2.18. The highest BCUT2D eigenvalue weighted by Gasteiger charge is 2.14. The molecule has 0 spiro atoms. The summed E-state index contributed by atoms with van der Waals surface area (Å²) in [5.74, 6) is 0.425. The zero-order valence-corrected chi connectivity index (χ0v) is 11.0. The van der Waals surface area contributed by atoms with Crippen molar-refractivity contribution in [3.8, 4) is 5.69 Å². The van der Waals surface area contributed by atoms with Crippen LogP contribution in [0.15, 0.2) is 29.3 Å². The summed E-state index contributed by atoms with van der Waals surface area (Å²) in [5.41, 5.74) is 4.22. The Morgan fingerprint density at radius 1 is 1.53 bits per heavy atom. The van der Waals surface area contributed by atoms with E-state index in [0.29, 0.717) is 27.9 Å². The van der Waals surface area contributed by atoms with Gasteiger partial charge in [-0.2, -0.15) is 5.48 Å². The van der Waals surface area contributed by atoms with E-state index in [9.17, 15) is 0 Å². The molecule has 6 nitrogen and oxygen atoms in total. The minimum atomic E-state index is 0.425. The highest BCUT2D eigenvalue weighted by Crippen LogP contribution is 2.27. The Morgan fingerprint density at radius 2 is 2.32 bits per heavy atom. The second-order valence-electron chi connectivity index (χ2n) is 3.65. The first-order valence-corrected chi connectivity index (χ1v) is 5.86. The molecule has 1 aromatic carbocycles. The molecule has 3 N–H and O–H groups in total. The molecule has 98 valence electrons. The summed E-state index contributed by atoms with van der Waals surface area (Å²) in [6.45, 7) is 5.34. The van der Waals surface area contributed by atoms with Crippen LogP contribution in [0, 0.1) is 0 Å². The number of benzene rings is 1. The molecule has 2 rings (SSSR count). The lowest BCUT2D eigenvalue weighted by Gasteiger charge is -2.08. The van der Waals surface area contributed by atoms with Crippen molar-refractivity contribution in [2.24, 2.45) is 4.99 Å². The van der Waals surface area contributed by atoms with Gasteiger partial charge in [-0.3, -0.25) is 0 Å². The number of halogens is 1. The minimum Gasteiger partial charge on any atom is -0.313 e. The van der Waals surface area contributed by atoms with Gasteiger partial charge in [0.15, 0.2) is 0 Å². The molecular weight excluding hydrogens is 266 g/mol. The van der Waals surface area contributed by atoms with Gasteiger partial charge in [-0.05, 0) is 37.9 Å². The molecule has 0 amide bonds. The molecule has 0 aliphatic rings. The van der Waals surface area contributed by atoms with Gasteiger partial charge in [0.2, 0.25) is 5.82 Å². The summed E-state index contributed by atoms with van der Waals surface area (Å²) < 4.78 is 1.56. The number of hydrogen-bond acceptors (Lipinski definition) is 4. The van der Waals surface area contributed by atoms with Gasteiger partial charge in [-0.25, -0.2) is 9.67 Å². The molecule has 0 radical (unpaired) electrons. The number of allylic oxidation sites excluding steroid dienone is 1. The molecular formula is C12H13ClN5O+.